The molecule has 3 heterocycles. The van der Waals surface area contributed by atoms with Crippen LogP contribution in [0.1, 0.15) is 11.3 Å². The van der Waals surface area contributed by atoms with Crippen LogP contribution in [0.3, 0.4) is 0 Å². The number of nitrogens with one attached hydrogen (secondary N) is 1. The maximum Gasteiger partial charge on any atom is 0.255 e. The molecule has 0 unspecified atom stereocenters. The minimum absolute atomic E-state index is 0.152. The maximum absolute atomic E-state index is 12.7. The second kappa shape index (κ2) is 7.62. The Hall–Kier alpha value is -3.79. The molecule has 1 aromatic carbocycles. The summed E-state index contributed by atoms with van der Waals surface area (Å²) in [4.78, 5) is 24.3. The predicted molar refractivity (Wildman–Crippen MR) is 109 cm³/mol. The largest absolute Gasteiger partial charge is 0.328 e. The first-order chi connectivity index (χ1) is 13.3. The summed E-state index contributed by atoms with van der Waals surface area (Å²) in [5.41, 5.74) is 4.71. The average Bonchev–Trinajstić information content (AvgIpc) is 2.74. The van der Waals surface area contributed by atoms with E-state index in [9.17, 15) is 4.79 Å². The van der Waals surface area contributed by atoms with Crippen LogP contribution >= 0.6 is 0 Å². The molecule has 27 heavy (non-hydrogen) atoms. The van der Waals surface area contributed by atoms with E-state index in [1.165, 1.54) is 0 Å². The molecule has 0 radical (unpaired) electrons. The molecule has 4 heteroatoms. The van der Waals surface area contributed by atoms with Gasteiger partial charge in [0, 0.05) is 35.3 Å². The highest BCUT2D eigenvalue weighted by Crippen LogP contribution is 2.32. The van der Waals surface area contributed by atoms with Gasteiger partial charge in [0.05, 0.1) is 11.4 Å². The van der Waals surface area contributed by atoms with Gasteiger partial charge in [-0.05, 0) is 42.0 Å². The van der Waals surface area contributed by atoms with Crippen molar-refractivity contribution in [1.29, 1.82) is 0 Å². The van der Waals surface area contributed by atoms with E-state index in [1.807, 2.05) is 78.9 Å². The van der Waals surface area contributed by atoms with Gasteiger partial charge in [-0.3, -0.25) is 14.8 Å². The topological polar surface area (TPSA) is 58.6 Å². The Labute approximate surface area is 156 Å². The van der Waals surface area contributed by atoms with Crippen molar-refractivity contribution in [1.82, 2.24) is 15.0 Å². The molecule has 3 aromatic heterocycles. The Morgan fingerprint density at radius 1 is 0.778 bits per heavy atom. The molecule has 0 fully saturated rings. The van der Waals surface area contributed by atoms with E-state index < -0.39 is 0 Å². The van der Waals surface area contributed by atoms with Crippen molar-refractivity contribution in [2.24, 2.45) is 0 Å². The number of H-pyrrole nitrogens is 1. The number of pyridine rings is 3. The summed E-state index contributed by atoms with van der Waals surface area (Å²) in [6.07, 6.45) is 8.87. The molecule has 0 aliphatic rings. The summed E-state index contributed by atoms with van der Waals surface area (Å²) < 4.78 is 0. The zero-order valence-electron chi connectivity index (χ0n) is 14.5. The standard InChI is InChI=1S/C23H17N3O/c27-23-19(13-12-18-10-4-6-14-24-18)22(17-8-2-1-3-9-17)20(16-26-23)21-11-5-7-15-25-21/h1-16H,(H,26,27). The van der Waals surface area contributed by atoms with E-state index in [0.29, 0.717) is 5.56 Å². The van der Waals surface area contributed by atoms with Gasteiger partial charge in [0.25, 0.3) is 5.56 Å². The lowest BCUT2D eigenvalue weighted by atomic mass is 9.94. The number of rotatable bonds is 4. The minimum atomic E-state index is -0.152. The SMILES string of the molecule is O=c1[nH]cc(-c2ccccn2)c(-c2ccccc2)c1C=Cc1ccccn1. The summed E-state index contributed by atoms with van der Waals surface area (Å²) in [6, 6.07) is 21.3. The molecule has 4 aromatic rings. The normalized spacial score (nSPS) is 11.0. The zero-order chi connectivity index (χ0) is 18.5. The van der Waals surface area contributed by atoms with Crippen molar-refractivity contribution in [3.63, 3.8) is 0 Å². The maximum atomic E-state index is 12.7. The molecule has 0 atom stereocenters. The molecule has 1 N–H and O–H groups in total. The molecule has 4 rings (SSSR count). The van der Waals surface area contributed by atoms with Gasteiger partial charge >= 0.3 is 0 Å². The van der Waals surface area contributed by atoms with Crippen molar-refractivity contribution in [2.45, 2.75) is 0 Å². The Bertz CT molecular complexity index is 1120. The monoisotopic (exact) mass is 351 g/mol. The third kappa shape index (κ3) is 3.60. The molecule has 0 saturated heterocycles. The summed E-state index contributed by atoms with van der Waals surface area (Å²) in [7, 11) is 0. The second-order valence-electron chi connectivity index (χ2n) is 5.99. The summed E-state index contributed by atoms with van der Waals surface area (Å²) in [6.45, 7) is 0. The lowest BCUT2D eigenvalue weighted by Crippen LogP contribution is -2.11. The van der Waals surface area contributed by atoms with Crippen LogP contribution in [0.15, 0.2) is 90.1 Å². The Balaban J connectivity index is 1.95. The van der Waals surface area contributed by atoms with E-state index in [0.717, 1.165) is 28.1 Å². The van der Waals surface area contributed by atoms with E-state index in [1.54, 1.807) is 18.6 Å². The van der Waals surface area contributed by atoms with E-state index >= 15 is 0 Å². The van der Waals surface area contributed by atoms with Gasteiger partial charge in [0.2, 0.25) is 0 Å². The van der Waals surface area contributed by atoms with Crippen LogP contribution in [0.25, 0.3) is 34.5 Å². The third-order valence-electron chi connectivity index (χ3n) is 4.24. The minimum Gasteiger partial charge on any atom is -0.328 e. The molecule has 0 bridgehead atoms. The Kier molecular flexibility index (Phi) is 4.70. The van der Waals surface area contributed by atoms with Gasteiger partial charge in [-0.15, -0.1) is 0 Å². The second-order valence-corrected chi connectivity index (χ2v) is 5.99. The van der Waals surface area contributed by atoms with Gasteiger partial charge in [-0.1, -0.05) is 42.5 Å². The highest BCUT2D eigenvalue weighted by molar-refractivity contribution is 5.89. The molecule has 130 valence electrons. The quantitative estimate of drug-likeness (QED) is 0.581. The molecule has 4 nitrogen and oxygen atoms in total. The highest BCUT2D eigenvalue weighted by atomic mass is 16.1. The van der Waals surface area contributed by atoms with Gasteiger partial charge in [0.1, 0.15) is 0 Å². The first-order valence-corrected chi connectivity index (χ1v) is 8.64. The first kappa shape index (κ1) is 16.7. The van der Waals surface area contributed by atoms with E-state index in [2.05, 4.69) is 15.0 Å². The number of aromatic amines is 1. The smallest absolute Gasteiger partial charge is 0.255 e. The number of hydrogen-bond acceptors (Lipinski definition) is 3. The van der Waals surface area contributed by atoms with Crippen LogP contribution in [-0.4, -0.2) is 15.0 Å². The predicted octanol–water partition coefficient (Wildman–Crippen LogP) is 4.67. The lowest BCUT2D eigenvalue weighted by Gasteiger charge is -2.12. The summed E-state index contributed by atoms with van der Waals surface area (Å²) in [5, 5.41) is 0. The van der Waals surface area contributed by atoms with Crippen LogP contribution in [0.2, 0.25) is 0 Å². The number of aromatic nitrogens is 3. The molecule has 0 aliphatic heterocycles. The molecule has 0 amide bonds. The van der Waals surface area contributed by atoms with Crippen molar-refractivity contribution < 1.29 is 0 Å². The first-order valence-electron chi connectivity index (χ1n) is 8.64. The average molecular weight is 351 g/mol. The number of nitrogens with zero attached hydrogens (tertiary/aromatic N) is 2. The van der Waals surface area contributed by atoms with Crippen molar-refractivity contribution in [3.05, 3.63) is 107 Å². The van der Waals surface area contributed by atoms with E-state index in [4.69, 9.17) is 0 Å². The van der Waals surface area contributed by atoms with Crippen LogP contribution in [0, 0.1) is 0 Å². The van der Waals surface area contributed by atoms with Crippen molar-refractivity contribution in [2.75, 3.05) is 0 Å². The lowest BCUT2D eigenvalue weighted by molar-refractivity contribution is 1.21. The molecular weight excluding hydrogens is 334 g/mol. The number of hydrogen-bond donors (Lipinski definition) is 1. The molecule has 0 saturated carbocycles. The molecule has 0 spiro atoms. The van der Waals surface area contributed by atoms with Gasteiger partial charge < -0.3 is 4.98 Å². The summed E-state index contributed by atoms with van der Waals surface area (Å²) >= 11 is 0. The van der Waals surface area contributed by atoms with Crippen LogP contribution < -0.4 is 5.56 Å². The zero-order valence-corrected chi connectivity index (χ0v) is 14.5. The van der Waals surface area contributed by atoms with E-state index in [-0.39, 0.29) is 5.56 Å². The molecule has 0 aliphatic carbocycles. The van der Waals surface area contributed by atoms with Crippen LogP contribution in [-0.2, 0) is 0 Å². The molecular formula is C23H17N3O. The Morgan fingerprint density at radius 2 is 1.52 bits per heavy atom. The summed E-state index contributed by atoms with van der Waals surface area (Å²) in [5.74, 6) is 0. The van der Waals surface area contributed by atoms with Gasteiger partial charge in [-0.2, -0.15) is 0 Å². The van der Waals surface area contributed by atoms with Gasteiger partial charge in [0.15, 0.2) is 0 Å². The number of benzene rings is 1. The van der Waals surface area contributed by atoms with Crippen LogP contribution in [0.5, 0.6) is 0 Å². The third-order valence-corrected chi connectivity index (χ3v) is 4.24. The van der Waals surface area contributed by atoms with Crippen molar-refractivity contribution >= 4 is 12.2 Å². The Morgan fingerprint density at radius 3 is 2.22 bits per heavy atom. The fourth-order valence-electron chi connectivity index (χ4n) is 2.99. The van der Waals surface area contributed by atoms with Gasteiger partial charge in [-0.25, -0.2) is 0 Å². The fourth-order valence-corrected chi connectivity index (χ4v) is 2.99. The highest BCUT2D eigenvalue weighted by Gasteiger charge is 2.15. The van der Waals surface area contributed by atoms with Crippen molar-refractivity contribution in [3.8, 4) is 22.4 Å². The van der Waals surface area contributed by atoms with Crippen LogP contribution in [0.4, 0.5) is 0 Å². The fraction of sp³-hybridized carbons (Fsp3) is 0.